The molecule has 3 aromatic heterocycles. The predicted octanol–water partition coefficient (Wildman–Crippen LogP) is 3.65. The van der Waals surface area contributed by atoms with Crippen LogP contribution in [0.5, 0.6) is 5.88 Å². The van der Waals surface area contributed by atoms with Crippen molar-refractivity contribution in [3.63, 3.8) is 0 Å². The topological polar surface area (TPSA) is 124 Å². The number of fused-ring (bicyclic) bond motifs is 1. The van der Waals surface area contributed by atoms with E-state index in [-0.39, 0.29) is 11.9 Å². The maximum absolute atomic E-state index is 12.0. The Morgan fingerprint density at radius 2 is 1.97 bits per heavy atom. The molecule has 2 aromatic carbocycles. The van der Waals surface area contributed by atoms with Gasteiger partial charge in [0.25, 0.3) is 5.91 Å². The number of amides is 1. The first kappa shape index (κ1) is 22.2. The van der Waals surface area contributed by atoms with Crippen molar-refractivity contribution in [1.29, 1.82) is 0 Å². The van der Waals surface area contributed by atoms with Gasteiger partial charge < -0.3 is 10.1 Å². The fraction of sp³-hybridized carbons (Fsp3) is 0.200. The second-order valence-electron chi connectivity index (χ2n) is 7.96. The smallest absolute Gasteiger partial charge is 0.272 e. The highest BCUT2D eigenvalue weighted by Gasteiger charge is 2.20. The van der Waals surface area contributed by atoms with Crippen LogP contribution >= 0.6 is 0 Å². The van der Waals surface area contributed by atoms with Gasteiger partial charge in [0.15, 0.2) is 5.69 Å². The van der Waals surface area contributed by atoms with Crippen LogP contribution in [-0.2, 0) is 0 Å². The summed E-state index contributed by atoms with van der Waals surface area (Å²) in [5.41, 5.74) is 4.58. The number of aromatic amines is 1. The Balaban J connectivity index is 1.52. The Labute approximate surface area is 201 Å². The van der Waals surface area contributed by atoms with Crippen molar-refractivity contribution in [3.8, 4) is 28.4 Å². The second-order valence-corrected chi connectivity index (χ2v) is 7.96. The van der Waals surface area contributed by atoms with Crippen molar-refractivity contribution in [2.45, 2.75) is 19.4 Å². The molecule has 0 aliphatic heterocycles. The number of H-pyrrole nitrogens is 1. The molecule has 0 unspecified atom stereocenters. The number of hydrogen-bond donors (Lipinski definition) is 2. The zero-order valence-corrected chi connectivity index (χ0v) is 19.6. The van der Waals surface area contributed by atoms with Crippen molar-refractivity contribution in [1.82, 2.24) is 40.7 Å². The van der Waals surface area contributed by atoms with Crippen LogP contribution in [0.3, 0.4) is 0 Å². The highest BCUT2D eigenvalue weighted by Crippen LogP contribution is 2.32. The molecule has 2 N–H and O–H groups in total. The second kappa shape index (κ2) is 9.34. The molecule has 35 heavy (non-hydrogen) atoms. The Morgan fingerprint density at radius 3 is 2.71 bits per heavy atom. The van der Waals surface area contributed by atoms with Gasteiger partial charge in [0.05, 0.1) is 24.2 Å². The minimum Gasteiger partial charge on any atom is -0.480 e. The lowest BCUT2D eigenvalue weighted by atomic mass is 10.0. The first-order valence-electron chi connectivity index (χ1n) is 11.2. The molecule has 0 aliphatic carbocycles. The van der Waals surface area contributed by atoms with Crippen LogP contribution in [0.25, 0.3) is 33.4 Å². The average Bonchev–Trinajstić information content (AvgIpc) is 3.56. The molecule has 0 spiro atoms. The third-order valence-corrected chi connectivity index (χ3v) is 5.90. The lowest BCUT2D eigenvalue weighted by molar-refractivity contribution is 0.0959. The Bertz CT molecular complexity index is 1490. The summed E-state index contributed by atoms with van der Waals surface area (Å²) < 4.78 is 5.49. The van der Waals surface area contributed by atoms with Crippen LogP contribution in [0, 0.1) is 0 Å². The van der Waals surface area contributed by atoms with Crippen LogP contribution in [0.15, 0.2) is 60.8 Å². The van der Waals surface area contributed by atoms with Crippen LogP contribution in [0.4, 0.5) is 0 Å². The lowest BCUT2D eigenvalue weighted by Gasteiger charge is -2.13. The van der Waals surface area contributed by atoms with Gasteiger partial charge in [-0.2, -0.15) is 9.90 Å². The quantitative estimate of drug-likeness (QED) is 0.374. The molecule has 0 saturated heterocycles. The molecule has 5 aromatic rings. The third-order valence-electron chi connectivity index (χ3n) is 5.90. The van der Waals surface area contributed by atoms with Gasteiger partial charge in [-0.25, -0.2) is 4.98 Å². The van der Waals surface area contributed by atoms with Gasteiger partial charge in [-0.1, -0.05) is 43.3 Å². The number of aromatic nitrogens is 7. The molecule has 0 aliphatic rings. The highest BCUT2D eigenvalue weighted by atomic mass is 16.5. The Morgan fingerprint density at radius 1 is 1.14 bits per heavy atom. The molecule has 1 amide bonds. The molecule has 0 radical (unpaired) electrons. The number of rotatable bonds is 7. The van der Waals surface area contributed by atoms with E-state index in [1.54, 1.807) is 25.2 Å². The van der Waals surface area contributed by atoms with E-state index in [9.17, 15) is 4.79 Å². The largest absolute Gasteiger partial charge is 0.480 e. The van der Waals surface area contributed by atoms with Gasteiger partial charge in [-0.3, -0.25) is 9.89 Å². The van der Waals surface area contributed by atoms with Gasteiger partial charge in [0.2, 0.25) is 11.7 Å². The number of nitrogens with one attached hydrogen (secondary N) is 2. The summed E-state index contributed by atoms with van der Waals surface area (Å²) in [6.07, 6.45) is 2.54. The van der Waals surface area contributed by atoms with E-state index in [4.69, 9.17) is 4.74 Å². The summed E-state index contributed by atoms with van der Waals surface area (Å²) in [6, 6.07) is 17.7. The lowest BCUT2D eigenvalue weighted by Crippen LogP contribution is -2.18. The van der Waals surface area contributed by atoms with Crippen molar-refractivity contribution < 1.29 is 9.53 Å². The molecule has 10 nitrogen and oxygen atoms in total. The summed E-state index contributed by atoms with van der Waals surface area (Å²) >= 11 is 0. The summed E-state index contributed by atoms with van der Waals surface area (Å²) in [5, 5.41) is 23.7. The minimum atomic E-state index is -0.243. The van der Waals surface area contributed by atoms with Gasteiger partial charge in [0.1, 0.15) is 0 Å². The highest BCUT2D eigenvalue weighted by molar-refractivity contribution is 6.05. The van der Waals surface area contributed by atoms with E-state index in [2.05, 4.69) is 55.0 Å². The average molecular weight is 469 g/mol. The van der Waals surface area contributed by atoms with E-state index >= 15 is 0 Å². The molecule has 0 saturated carbocycles. The molecule has 10 heteroatoms. The maximum Gasteiger partial charge on any atom is 0.272 e. The molecule has 5 rings (SSSR count). The number of ether oxygens (including phenoxy) is 1. The predicted molar refractivity (Wildman–Crippen MR) is 131 cm³/mol. The molecule has 0 bridgehead atoms. The summed E-state index contributed by atoms with van der Waals surface area (Å²) in [5.74, 6) is 0.591. The number of carbonyl (C=O) groups is 1. The van der Waals surface area contributed by atoms with Gasteiger partial charge in [0, 0.05) is 24.2 Å². The van der Waals surface area contributed by atoms with Crippen LogP contribution in [0.2, 0.25) is 0 Å². The van der Waals surface area contributed by atoms with Gasteiger partial charge in [-0.05, 0) is 41.0 Å². The summed E-state index contributed by atoms with van der Waals surface area (Å²) in [6.45, 7) is 2.09. The molecule has 0 fully saturated rings. The fourth-order valence-electron chi connectivity index (χ4n) is 4.10. The van der Waals surface area contributed by atoms with E-state index < -0.39 is 0 Å². The Hall–Kier alpha value is -4.60. The van der Waals surface area contributed by atoms with Gasteiger partial charge >= 0.3 is 0 Å². The van der Waals surface area contributed by atoms with Crippen molar-refractivity contribution in [2.24, 2.45) is 0 Å². The summed E-state index contributed by atoms with van der Waals surface area (Å²) in [4.78, 5) is 18.2. The van der Waals surface area contributed by atoms with Gasteiger partial charge in [-0.15, -0.1) is 10.2 Å². The van der Waals surface area contributed by atoms with E-state index in [1.807, 2.05) is 42.5 Å². The van der Waals surface area contributed by atoms with Crippen molar-refractivity contribution in [3.05, 3.63) is 72.1 Å². The molecule has 1 atom stereocenters. The standard InChI is InChI=1S/C25H24N8O2/c1-4-21(15-8-6-5-7-9-15)33-31-23(30-32-33)19-12-17(14-27-25(19)35-3)16-10-11-18-20(13-16)28-29-22(18)24(34)26-2/h5-14,21H,4H2,1-3H3,(H,26,34)(H,28,29)/t21-/m0/s1. The summed E-state index contributed by atoms with van der Waals surface area (Å²) in [7, 11) is 3.14. The van der Waals surface area contributed by atoms with Crippen LogP contribution < -0.4 is 10.1 Å². The number of benzene rings is 2. The number of nitrogens with zero attached hydrogens (tertiary/aromatic N) is 6. The first-order chi connectivity index (χ1) is 17.1. The fourth-order valence-corrected chi connectivity index (χ4v) is 4.10. The number of methoxy groups -OCH3 is 1. The zero-order chi connectivity index (χ0) is 24.4. The van der Waals surface area contributed by atoms with Crippen molar-refractivity contribution >= 4 is 16.8 Å². The number of pyridine rings is 1. The number of hydrogen-bond acceptors (Lipinski definition) is 7. The number of tetrazole rings is 1. The van der Waals surface area contributed by atoms with Crippen LogP contribution in [-0.4, -0.2) is 55.5 Å². The molecule has 3 heterocycles. The Kier molecular flexibility index (Phi) is 5.92. The normalized spacial score (nSPS) is 12.0. The molecular weight excluding hydrogens is 444 g/mol. The van der Waals surface area contributed by atoms with E-state index in [0.717, 1.165) is 34.0 Å². The van der Waals surface area contributed by atoms with Crippen molar-refractivity contribution in [2.75, 3.05) is 14.2 Å². The zero-order valence-electron chi connectivity index (χ0n) is 19.6. The maximum atomic E-state index is 12.0. The molecular formula is C25H24N8O2. The third kappa shape index (κ3) is 4.10. The SMILES string of the molecule is CC[C@@H](c1ccccc1)n1nnc(-c2cc(-c3ccc4c(C(=O)NC)n[nH]c4c3)cnc2OC)n1. The number of carbonyl (C=O) groups excluding carboxylic acids is 1. The molecule has 176 valence electrons. The van der Waals surface area contributed by atoms with E-state index in [1.165, 1.54) is 0 Å². The van der Waals surface area contributed by atoms with E-state index in [0.29, 0.717) is 23.0 Å². The monoisotopic (exact) mass is 468 g/mol. The first-order valence-corrected chi connectivity index (χ1v) is 11.2. The minimum absolute atomic E-state index is 0.0307. The van der Waals surface area contributed by atoms with Crippen LogP contribution in [0.1, 0.15) is 35.4 Å².